The maximum atomic E-state index is 13.3. The molecular formula is C26H25F2NO4. The Balaban J connectivity index is 1.31. The highest BCUT2D eigenvalue weighted by molar-refractivity contribution is 5.87. The van der Waals surface area contributed by atoms with Gasteiger partial charge in [-0.15, -0.1) is 0 Å². The summed E-state index contributed by atoms with van der Waals surface area (Å²) in [4.78, 5) is 15.3. The second kappa shape index (κ2) is 9.98. The molecule has 0 atom stereocenters. The average Bonchev–Trinajstić information content (AvgIpc) is 2.83. The number of ether oxygens (including phenoxy) is 2. The molecule has 1 saturated carbocycles. The van der Waals surface area contributed by atoms with Gasteiger partial charge in [-0.3, -0.25) is 0 Å². The highest BCUT2D eigenvalue weighted by Gasteiger charge is 2.35. The fourth-order valence-electron chi connectivity index (χ4n) is 3.78. The van der Waals surface area contributed by atoms with Gasteiger partial charge in [0.05, 0.1) is 12.2 Å². The summed E-state index contributed by atoms with van der Waals surface area (Å²) in [5, 5.41) is 8.98. The lowest BCUT2D eigenvalue weighted by atomic mass is 9.87. The Morgan fingerprint density at radius 3 is 2.42 bits per heavy atom. The summed E-state index contributed by atoms with van der Waals surface area (Å²) in [5.74, 6) is -2.18. The van der Waals surface area contributed by atoms with Crippen LogP contribution in [0.15, 0.2) is 66.9 Å². The van der Waals surface area contributed by atoms with E-state index in [0.29, 0.717) is 37.7 Å². The molecule has 0 bridgehead atoms. The molecule has 4 rings (SSSR count). The number of carboxylic acids is 1. The Morgan fingerprint density at radius 2 is 1.76 bits per heavy atom. The van der Waals surface area contributed by atoms with Crippen molar-refractivity contribution in [2.24, 2.45) is 5.92 Å². The summed E-state index contributed by atoms with van der Waals surface area (Å²) in [7, 11) is 0. The Hall–Kier alpha value is -3.48. The molecule has 1 heterocycles. The number of hydrogen-bond acceptors (Lipinski definition) is 4. The lowest BCUT2D eigenvalue weighted by Gasteiger charge is -2.27. The van der Waals surface area contributed by atoms with Crippen molar-refractivity contribution in [3.8, 4) is 22.8 Å². The molecule has 1 fully saturated rings. The molecule has 3 aromatic rings. The summed E-state index contributed by atoms with van der Waals surface area (Å²) in [5.41, 5.74) is 2.94. The molecule has 0 saturated heterocycles. The van der Waals surface area contributed by atoms with Gasteiger partial charge in [0.1, 0.15) is 12.4 Å². The zero-order valence-corrected chi connectivity index (χ0v) is 18.0. The van der Waals surface area contributed by atoms with E-state index in [1.807, 2.05) is 30.3 Å². The molecule has 1 aliphatic carbocycles. The van der Waals surface area contributed by atoms with Gasteiger partial charge in [0, 0.05) is 30.7 Å². The van der Waals surface area contributed by atoms with Gasteiger partial charge in [0.15, 0.2) is 0 Å². The first-order valence-corrected chi connectivity index (χ1v) is 10.9. The molecule has 1 N–H and O–H groups in total. The minimum atomic E-state index is -2.53. The fraction of sp³-hybridized carbons (Fsp3) is 0.308. The average molecular weight is 453 g/mol. The quantitative estimate of drug-likeness (QED) is 0.438. The van der Waals surface area contributed by atoms with Crippen molar-refractivity contribution in [3.05, 3.63) is 78.0 Å². The number of halogens is 2. The van der Waals surface area contributed by atoms with Gasteiger partial charge in [0.2, 0.25) is 11.8 Å². The Kier molecular flexibility index (Phi) is 6.87. The third kappa shape index (κ3) is 6.28. The molecule has 33 heavy (non-hydrogen) atoms. The van der Waals surface area contributed by atoms with Crippen LogP contribution >= 0.6 is 0 Å². The van der Waals surface area contributed by atoms with Gasteiger partial charge >= 0.3 is 5.97 Å². The standard InChI is InChI=1S/C26H25F2NO4/c27-26(28)12-10-19(11-13-26)17-33-24-9-8-22(15-29-24)21-2-1-3-23(14-21)32-16-18-4-6-20(7-5-18)25(30)31/h1-9,14-15,19H,10-13,16-17H2,(H,30,31). The first-order valence-electron chi connectivity index (χ1n) is 10.9. The van der Waals surface area contributed by atoms with Crippen molar-refractivity contribution < 1.29 is 28.2 Å². The minimum Gasteiger partial charge on any atom is -0.489 e. The van der Waals surface area contributed by atoms with Gasteiger partial charge in [-0.1, -0.05) is 24.3 Å². The van der Waals surface area contributed by atoms with Crippen molar-refractivity contribution in [2.75, 3.05) is 6.61 Å². The maximum Gasteiger partial charge on any atom is 0.335 e. The van der Waals surface area contributed by atoms with E-state index in [1.54, 1.807) is 36.5 Å². The van der Waals surface area contributed by atoms with Crippen molar-refractivity contribution in [1.82, 2.24) is 4.98 Å². The van der Waals surface area contributed by atoms with Crippen molar-refractivity contribution in [3.63, 3.8) is 0 Å². The summed E-state index contributed by atoms with van der Waals surface area (Å²) in [6.45, 7) is 0.723. The Morgan fingerprint density at radius 1 is 1.00 bits per heavy atom. The van der Waals surface area contributed by atoms with Gasteiger partial charge in [-0.05, 0) is 60.2 Å². The van der Waals surface area contributed by atoms with Crippen LogP contribution in [-0.2, 0) is 6.61 Å². The van der Waals surface area contributed by atoms with E-state index in [9.17, 15) is 13.6 Å². The monoisotopic (exact) mass is 453 g/mol. The largest absolute Gasteiger partial charge is 0.489 e. The minimum absolute atomic E-state index is 0.0700. The summed E-state index contributed by atoms with van der Waals surface area (Å²) in [6, 6.07) is 17.9. The topological polar surface area (TPSA) is 68.7 Å². The zero-order chi connectivity index (χ0) is 23.3. The van der Waals surface area contributed by atoms with E-state index < -0.39 is 11.9 Å². The van der Waals surface area contributed by atoms with Gasteiger partial charge in [0.25, 0.3) is 0 Å². The predicted octanol–water partition coefficient (Wildman–Crippen LogP) is 6.23. The molecule has 0 spiro atoms. The number of benzene rings is 2. The number of hydrogen-bond donors (Lipinski definition) is 1. The SMILES string of the molecule is O=C(O)c1ccc(COc2cccc(-c3ccc(OCC4CCC(F)(F)CC4)nc3)c2)cc1. The van der Waals surface area contributed by atoms with E-state index in [-0.39, 0.29) is 24.3 Å². The molecule has 0 unspecified atom stereocenters. The number of nitrogens with zero attached hydrogens (tertiary/aromatic N) is 1. The smallest absolute Gasteiger partial charge is 0.335 e. The molecule has 7 heteroatoms. The van der Waals surface area contributed by atoms with E-state index >= 15 is 0 Å². The third-order valence-electron chi connectivity index (χ3n) is 5.81. The maximum absolute atomic E-state index is 13.3. The summed E-state index contributed by atoms with van der Waals surface area (Å²) in [6.07, 6.45) is 2.52. The van der Waals surface area contributed by atoms with E-state index in [0.717, 1.165) is 16.7 Å². The normalized spacial score (nSPS) is 15.7. The molecule has 1 aliphatic rings. The Labute approximate surface area is 191 Å². The Bertz CT molecular complexity index is 1070. The molecule has 0 aliphatic heterocycles. The van der Waals surface area contributed by atoms with Crippen LogP contribution in [0.1, 0.15) is 41.6 Å². The summed E-state index contributed by atoms with van der Waals surface area (Å²) >= 11 is 0. The van der Waals surface area contributed by atoms with Crippen LogP contribution in [0.4, 0.5) is 8.78 Å². The lowest BCUT2D eigenvalue weighted by Crippen LogP contribution is -2.27. The van der Waals surface area contributed by atoms with E-state index in [1.165, 1.54) is 0 Å². The van der Waals surface area contributed by atoms with Crippen molar-refractivity contribution in [1.29, 1.82) is 0 Å². The number of pyridine rings is 1. The van der Waals surface area contributed by atoms with Crippen LogP contribution in [0, 0.1) is 5.92 Å². The van der Waals surface area contributed by atoms with E-state index in [2.05, 4.69) is 4.98 Å². The number of carboxylic acid groups (broad SMARTS) is 1. The molecule has 5 nitrogen and oxygen atoms in total. The van der Waals surface area contributed by atoms with Crippen LogP contribution in [0.25, 0.3) is 11.1 Å². The first kappa shape index (κ1) is 22.7. The second-order valence-electron chi connectivity index (χ2n) is 8.31. The van der Waals surface area contributed by atoms with Gasteiger partial charge in [-0.2, -0.15) is 0 Å². The van der Waals surface area contributed by atoms with E-state index in [4.69, 9.17) is 14.6 Å². The predicted molar refractivity (Wildman–Crippen MR) is 120 cm³/mol. The molecule has 2 aromatic carbocycles. The zero-order valence-electron chi connectivity index (χ0n) is 18.0. The number of carbonyl (C=O) groups is 1. The highest BCUT2D eigenvalue weighted by Crippen LogP contribution is 2.36. The van der Waals surface area contributed by atoms with Crippen LogP contribution in [0.2, 0.25) is 0 Å². The molecular weight excluding hydrogens is 428 g/mol. The second-order valence-corrected chi connectivity index (χ2v) is 8.31. The third-order valence-corrected chi connectivity index (χ3v) is 5.81. The van der Waals surface area contributed by atoms with Crippen LogP contribution < -0.4 is 9.47 Å². The van der Waals surface area contributed by atoms with Crippen LogP contribution in [0.5, 0.6) is 11.6 Å². The van der Waals surface area contributed by atoms with Gasteiger partial charge < -0.3 is 14.6 Å². The van der Waals surface area contributed by atoms with Crippen molar-refractivity contribution in [2.45, 2.75) is 38.2 Å². The number of alkyl halides is 2. The number of aromatic carboxylic acids is 1. The molecule has 0 radical (unpaired) electrons. The molecule has 172 valence electrons. The number of aromatic nitrogens is 1. The molecule has 1 aromatic heterocycles. The lowest BCUT2D eigenvalue weighted by molar-refractivity contribution is -0.0500. The van der Waals surface area contributed by atoms with Gasteiger partial charge in [-0.25, -0.2) is 18.6 Å². The number of rotatable bonds is 8. The first-order chi connectivity index (χ1) is 15.9. The van der Waals surface area contributed by atoms with Crippen LogP contribution in [0.3, 0.4) is 0 Å². The fourth-order valence-corrected chi connectivity index (χ4v) is 3.78. The highest BCUT2D eigenvalue weighted by atomic mass is 19.3. The van der Waals surface area contributed by atoms with Crippen LogP contribution in [-0.4, -0.2) is 28.6 Å². The molecule has 0 amide bonds. The van der Waals surface area contributed by atoms with Crippen molar-refractivity contribution >= 4 is 5.97 Å². The summed E-state index contributed by atoms with van der Waals surface area (Å²) < 4.78 is 38.1.